The number of benzene rings is 1. The number of aromatic nitrogens is 1. The molecule has 88 valence electrons. The molecule has 1 aromatic heterocycles. The van der Waals surface area contributed by atoms with Gasteiger partial charge in [0, 0.05) is 22.4 Å². The Morgan fingerprint density at radius 2 is 2.12 bits per heavy atom. The van der Waals surface area contributed by atoms with Crippen molar-refractivity contribution in [3.05, 3.63) is 52.5 Å². The molecule has 3 nitrogen and oxygen atoms in total. The maximum atomic E-state index is 13.4. The van der Waals surface area contributed by atoms with Crippen molar-refractivity contribution in [2.75, 3.05) is 5.73 Å². The van der Waals surface area contributed by atoms with Crippen molar-refractivity contribution in [1.29, 1.82) is 0 Å². The molecule has 0 aliphatic rings. The summed E-state index contributed by atoms with van der Waals surface area (Å²) in [5.74, 6) is -0.300. The van der Waals surface area contributed by atoms with Crippen molar-refractivity contribution in [2.24, 2.45) is 0 Å². The predicted molar refractivity (Wildman–Crippen MR) is 67.1 cm³/mol. The lowest BCUT2D eigenvalue weighted by Crippen LogP contribution is -2.00. The topological polar surface area (TPSA) is 48.1 Å². The molecule has 0 saturated heterocycles. The minimum atomic E-state index is -0.470. The summed E-state index contributed by atoms with van der Waals surface area (Å²) in [5.41, 5.74) is 6.54. The zero-order valence-corrected chi connectivity index (χ0v) is 10.4. The van der Waals surface area contributed by atoms with Gasteiger partial charge in [0.05, 0.1) is 5.69 Å². The molecule has 0 atom stereocenters. The van der Waals surface area contributed by atoms with Crippen LogP contribution in [0.2, 0.25) is 0 Å². The zero-order chi connectivity index (χ0) is 12.3. The molecule has 1 heterocycles. The molecular formula is C12H10BrFN2O. The highest BCUT2D eigenvalue weighted by Crippen LogP contribution is 2.20. The first-order chi connectivity index (χ1) is 8.15. The Morgan fingerprint density at radius 1 is 1.29 bits per heavy atom. The van der Waals surface area contributed by atoms with Gasteiger partial charge in [-0.15, -0.1) is 0 Å². The van der Waals surface area contributed by atoms with E-state index >= 15 is 0 Å². The first-order valence-electron chi connectivity index (χ1n) is 4.93. The van der Waals surface area contributed by atoms with Crippen molar-refractivity contribution >= 4 is 21.6 Å². The molecule has 0 spiro atoms. The smallest absolute Gasteiger partial charge is 0.167 e. The van der Waals surface area contributed by atoms with Gasteiger partial charge >= 0.3 is 0 Å². The third-order valence-corrected chi connectivity index (χ3v) is 2.59. The van der Waals surface area contributed by atoms with E-state index in [0.29, 0.717) is 5.69 Å². The maximum absolute atomic E-state index is 13.4. The number of anilines is 1. The molecule has 2 rings (SSSR count). The van der Waals surface area contributed by atoms with Crippen LogP contribution in [0.5, 0.6) is 5.75 Å². The minimum absolute atomic E-state index is 0.170. The van der Waals surface area contributed by atoms with Crippen molar-refractivity contribution in [2.45, 2.75) is 6.61 Å². The van der Waals surface area contributed by atoms with Gasteiger partial charge in [0.1, 0.15) is 6.61 Å². The third kappa shape index (κ3) is 3.17. The molecule has 1 aromatic carbocycles. The highest BCUT2D eigenvalue weighted by atomic mass is 79.9. The van der Waals surface area contributed by atoms with E-state index < -0.39 is 5.82 Å². The van der Waals surface area contributed by atoms with Crippen LogP contribution in [-0.4, -0.2) is 4.98 Å². The Bertz CT molecular complexity index is 516. The Morgan fingerprint density at radius 3 is 2.76 bits per heavy atom. The van der Waals surface area contributed by atoms with Crippen LogP contribution in [0.1, 0.15) is 5.69 Å². The molecule has 5 heteroatoms. The van der Waals surface area contributed by atoms with E-state index in [1.807, 2.05) is 6.07 Å². The number of hydrogen-bond donors (Lipinski definition) is 1. The van der Waals surface area contributed by atoms with Gasteiger partial charge in [-0.2, -0.15) is 0 Å². The van der Waals surface area contributed by atoms with Crippen LogP contribution >= 0.6 is 15.9 Å². The second-order valence-electron chi connectivity index (χ2n) is 3.45. The number of halogens is 2. The second-order valence-corrected chi connectivity index (χ2v) is 4.36. The summed E-state index contributed by atoms with van der Waals surface area (Å²) in [6.07, 6.45) is 1.66. The van der Waals surface area contributed by atoms with Gasteiger partial charge in [-0.25, -0.2) is 4.39 Å². The number of rotatable bonds is 3. The van der Waals surface area contributed by atoms with Gasteiger partial charge in [0.25, 0.3) is 0 Å². The molecule has 2 N–H and O–H groups in total. The Hall–Kier alpha value is -1.62. The van der Waals surface area contributed by atoms with Crippen molar-refractivity contribution in [3.63, 3.8) is 0 Å². The summed E-state index contributed by atoms with van der Waals surface area (Å²) in [4.78, 5) is 4.12. The lowest BCUT2D eigenvalue weighted by Gasteiger charge is -2.07. The van der Waals surface area contributed by atoms with Crippen LogP contribution in [0.25, 0.3) is 0 Å². The van der Waals surface area contributed by atoms with E-state index in [4.69, 9.17) is 10.5 Å². The summed E-state index contributed by atoms with van der Waals surface area (Å²) in [5, 5.41) is 0. The molecule has 0 saturated carbocycles. The van der Waals surface area contributed by atoms with E-state index in [2.05, 4.69) is 20.9 Å². The molecule has 0 aliphatic carbocycles. The van der Waals surface area contributed by atoms with Crippen LogP contribution in [0.15, 0.2) is 41.0 Å². The first kappa shape index (κ1) is 11.9. The van der Waals surface area contributed by atoms with Crippen molar-refractivity contribution in [3.8, 4) is 5.75 Å². The standard InChI is InChI=1S/C12H10BrFN2O/c13-8-1-3-10(16-6-8)7-17-12-4-2-9(15)5-11(12)14/h1-6H,7,15H2. The van der Waals surface area contributed by atoms with E-state index in [9.17, 15) is 4.39 Å². The van der Waals surface area contributed by atoms with Crippen LogP contribution < -0.4 is 10.5 Å². The van der Waals surface area contributed by atoms with E-state index in [0.717, 1.165) is 10.2 Å². The summed E-state index contributed by atoms with van der Waals surface area (Å²) < 4.78 is 19.6. The monoisotopic (exact) mass is 296 g/mol. The molecule has 0 fully saturated rings. The third-order valence-electron chi connectivity index (χ3n) is 2.12. The molecule has 17 heavy (non-hydrogen) atoms. The van der Waals surface area contributed by atoms with E-state index in [-0.39, 0.29) is 12.4 Å². The fraction of sp³-hybridized carbons (Fsp3) is 0.0833. The van der Waals surface area contributed by atoms with Gasteiger partial charge in [-0.05, 0) is 40.2 Å². The van der Waals surface area contributed by atoms with Gasteiger partial charge in [0.2, 0.25) is 0 Å². The molecule has 0 radical (unpaired) electrons. The molecule has 0 amide bonds. The lowest BCUT2D eigenvalue weighted by atomic mass is 10.3. The Labute approximate surface area is 107 Å². The summed E-state index contributed by atoms with van der Waals surface area (Å²) in [7, 11) is 0. The Kier molecular flexibility index (Phi) is 3.58. The fourth-order valence-corrected chi connectivity index (χ4v) is 1.51. The molecule has 0 aliphatic heterocycles. The van der Waals surface area contributed by atoms with Gasteiger partial charge in [0.15, 0.2) is 11.6 Å². The van der Waals surface area contributed by atoms with Crippen molar-refractivity contribution in [1.82, 2.24) is 4.98 Å². The second kappa shape index (κ2) is 5.14. The predicted octanol–water partition coefficient (Wildman–Crippen LogP) is 3.14. The highest BCUT2D eigenvalue weighted by Gasteiger charge is 2.04. The van der Waals surface area contributed by atoms with Crippen LogP contribution in [0, 0.1) is 5.82 Å². The summed E-state index contributed by atoms with van der Waals surface area (Å²) in [6.45, 7) is 0.216. The molecular weight excluding hydrogens is 287 g/mol. The number of pyridine rings is 1. The SMILES string of the molecule is Nc1ccc(OCc2ccc(Br)cn2)c(F)c1. The van der Waals surface area contributed by atoms with Crippen LogP contribution in [0.3, 0.4) is 0 Å². The largest absolute Gasteiger partial charge is 0.484 e. The quantitative estimate of drug-likeness (QED) is 0.885. The average Bonchev–Trinajstić information content (AvgIpc) is 2.30. The number of nitrogens with two attached hydrogens (primary N) is 1. The molecule has 2 aromatic rings. The Balaban J connectivity index is 2.04. The number of ether oxygens (including phenoxy) is 1. The number of hydrogen-bond acceptors (Lipinski definition) is 3. The normalized spacial score (nSPS) is 10.2. The van der Waals surface area contributed by atoms with Crippen LogP contribution in [-0.2, 0) is 6.61 Å². The molecule has 0 bridgehead atoms. The summed E-state index contributed by atoms with van der Waals surface area (Å²) in [6, 6.07) is 7.98. The zero-order valence-electron chi connectivity index (χ0n) is 8.86. The van der Waals surface area contributed by atoms with Crippen LogP contribution in [0.4, 0.5) is 10.1 Å². The average molecular weight is 297 g/mol. The number of nitrogens with zero attached hydrogens (tertiary/aromatic N) is 1. The van der Waals surface area contributed by atoms with Crippen molar-refractivity contribution < 1.29 is 9.13 Å². The summed E-state index contributed by atoms with van der Waals surface area (Å²) >= 11 is 3.28. The lowest BCUT2D eigenvalue weighted by molar-refractivity contribution is 0.286. The maximum Gasteiger partial charge on any atom is 0.167 e. The van der Waals surface area contributed by atoms with Gasteiger partial charge < -0.3 is 10.5 Å². The first-order valence-corrected chi connectivity index (χ1v) is 5.73. The fourth-order valence-electron chi connectivity index (χ4n) is 1.28. The van der Waals surface area contributed by atoms with Gasteiger partial charge in [-0.1, -0.05) is 0 Å². The van der Waals surface area contributed by atoms with E-state index in [1.165, 1.54) is 12.1 Å². The van der Waals surface area contributed by atoms with Gasteiger partial charge in [-0.3, -0.25) is 4.98 Å². The van der Waals surface area contributed by atoms with E-state index in [1.54, 1.807) is 18.3 Å². The number of nitrogen functional groups attached to an aromatic ring is 1. The molecule has 0 unspecified atom stereocenters. The minimum Gasteiger partial charge on any atom is -0.484 e. The highest BCUT2D eigenvalue weighted by molar-refractivity contribution is 9.10.